The molecular formula is C18H13N7O3S. The molecular weight excluding hydrogens is 394 g/mol. The number of thiazole rings is 1. The molecule has 0 aliphatic carbocycles. The van der Waals surface area contributed by atoms with Gasteiger partial charge in [0.1, 0.15) is 6.54 Å². The first kappa shape index (κ1) is 18.4. The molecule has 1 N–H and O–H groups in total. The second-order valence-electron chi connectivity index (χ2n) is 5.90. The van der Waals surface area contributed by atoms with E-state index in [1.54, 1.807) is 0 Å². The number of hydrogen-bond donors (Lipinski definition) is 1. The molecule has 0 saturated heterocycles. The second kappa shape index (κ2) is 7.94. The summed E-state index contributed by atoms with van der Waals surface area (Å²) in [4.78, 5) is 28.0. The molecule has 2 heterocycles. The number of nitro groups is 1. The van der Waals surface area contributed by atoms with Crippen molar-refractivity contribution in [2.45, 2.75) is 6.54 Å². The standard InChI is InChI=1S/C18H13N7O3S/c26-16(20-18-19-15(11-29-18)12-4-2-1-3-5-12)10-24-22-17(21-23-24)13-6-8-14(9-7-13)25(27)28/h1-9,11H,10H2,(H,19,20,26). The van der Waals surface area contributed by atoms with Crippen LogP contribution < -0.4 is 5.32 Å². The summed E-state index contributed by atoms with van der Waals surface area (Å²) < 4.78 is 0. The summed E-state index contributed by atoms with van der Waals surface area (Å²) in [5, 5.41) is 27.6. The molecule has 0 bridgehead atoms. The molecule has 0 spiro atoms. The quantitative estimate of drug-likeness (QED) is 0.384. The fourth-order valence-corrected chi connectivity index (χ4v) is 3.25. The third-order valence-electron chi connectivity index (χ3n) is 3.89. The number of rotatable bonds is 6. The first-order chi connectivity index (χ1) is 14.1. The summed E-state index contributed by atoms with van der Waals surface area (Å²) in [5.41, 5.74) is 2.29. The Morgan fingerprint density at radius 3 is 2.59 bits per heavy atom. The van der Waals surface area contributed by atoms with Gasteiger partial charge in [-0.2, -0.15) is 4.80 Å². The van der Waals surface area contributed by atoms with E-state index in [0.717, 1.165) is 16.1 Å². The zero-order chi connectivity index (χ0) is 20.2. The van der Waals surface area contributed by atoms with Crippen LogP contribution in [-0.4, -0.2) is 36.0 Å². The van der Waals surface area contributed by atoms with E-state index in [9.17, 15) is 14.9 Å². The Bertz CT molecular complexity index is 1160. The lowest BCUT2D eigenvalue weighted by Crippen LogP contribution is -2.20. The number of carbonyl (C=O) groups excluding carboxylic acids is 1. The number of aromatic nitrogens is 5. The average molecular weight is 407 g/mol. The summed E-state index contributed by atoms with van der Waals surface area (Å²) in [7, 11) is 0. The molecule has 1 amide bonds. The van der Waals surface area contributed by atoms with E-state index in [0.29, 0.717) is 10.7 Å². The van der Waals surface area contributed by atoms with Gasteiger partial charge < -0.3 is 5.32 Å². The highest BCUT2D eigenvalue weighted by atomic mass is 32.1. The predicted octanol–water partition coefficient (Wildman–Crippen LogP) is 3.01. The minimum Gasteiger partial charge on any atom is -0.300 e. The number of amides is 1. The fraction of sp³-hybridized carbons (Fsp3) is 0.0556. The monoisotopic (exact) mass is 407 g/mol. The zero-order valence-corrected chi connectivity index (χ0v) is 15.6. The van der Waals surface area contributed by atoms with Gasteiger partial charge in [0.05, 0.1) is 10.6 Å². The van der Waals surface area contributed by atoms with E-state index in [-0.39, 0.29) is 24.0 Å². The zero-order valence-electron chi connectivity index (χ0n) is 14.8. The van der Waals surface area contributed by atoms with Crippen LogP contribution in [0.25, 0.3) is 22.6 Å². The van der Waals surface area contributed by atoms with Gasteiger partial charge in [-0.25, -0.2) is 4.98 Å². The van der Waals surface area contributed by atoms with Crippen LogP contribution in [0.2, 0.25) is 0 Å². The number of nitrogens with zero attached hydrogens (tertiary/aromatic N) is 6. The highest BCUT2D eigenvalue weighted by molar-refractivity contribution is 7.14. The molecule has 4 rings (SSSR count). The first-order valence-electron chi connectivity index (χ1n) is 8.42. The molecule has 11 heteroatoms. The molecule has 0 fully saturated rings. The lowest BCUT2D eigenvalue weighted by atomic mass is 10.2. The summed E-state index contributed by atoms with van der Waals surface area (Å²) in [5.74, 6) is -0.0695. The van der Waals surface area contributed by atoms with E-state index in [1.165, 1.54) is 35.6 Å². The van der Waals surface area contributed by atoms with E-state index < -0.39 is 4.92 Å². The molecule has 0 radical (unpaired) electrons. The van der Waals surface area contributed by atoms with E-state index in [4.69, 9.17) is 0 Å². The van der Waals surface area contributed by atoms with Gasteiger partial charge in [-0.15, -0.1) is 21.5 Å². The predicted molar refractivity (Wildman–Crippen MR) is 106 cm³/mol. The molecule has 144 valence electrons. The molecule has 0 saturated carbocycles. The SMILES string of the molecule is O=C(Cn1nnc(-c2ccc([N+](=O)[O-])cc2)n1)Nc1nc(-c2ccccc2)cs1. The highest BCUT2D eigenvalue weighted by Gasteiger charge is 2.13. The van der Waals surface area contributed by atoms with Gasteiger partial charge in [0, 0.05) is 28.6 Å². The van der Waals surface area contributed by atoms with Gasteiger partial charge in [0.15, 0.2) is 5.13 Å². The Kier molecular flexibility index (Phi) is 5.03. The summed E-state index contributed by atoms with van der Waals surface area (Å²) >= 11 is 1.33. The van der Waals surface area contributed by atoms with Crippen molar-refractivity contribution in [3.8, 4) is 22.6 Å². The molecule has 0 aliphatic rings. The number of anilines is 1. The molecule has 0 aliphatic heterocycles. The Hall–Kier alpha value is -3.99. The van der Waals surface area contributed by atoms with Gasteiger partial charge >= 0.3 is 0 Å². The fourth-order valence-electron chi connectivity index (χ4n) is 2.52. The van der Waals surface area contributed by atoms with Crippen molar-refractivity contribution < 1.29 is 9.72 Å². The van der Waals surface area contributed by atoms with Gasteiger partial charge in [0.25, 0.3) is 5.69 Å². The van der Waals surface area contributed by atoms with Crippen LogP contribution >= 0.6 is 11.3 Å². The van der Waals surface area contributed by atoms with Crippen LogP contribution in [0.5, 0.6) is 0 Å². The van der Waals surface area contributed by atoms with E-state index >= 15 is 0 Å². The minimum atomic E-state index is -0.486. The second-order valence-corrected chi connectivity index (χ2v) is 6.76. The van der Waals surface area contributed by atoms with Crippen molar-refractivity contribution in [3.05, 3.63) is 70.1 Å². The first-order valence-corrected chi connectivity index (χ1v) is 9.30. The Morgan fingerprint density at radius 1 is 1.10 bits per heavy atom. The van der Waals surface area contributed by atoms with Gasteiger partial charge in [-0.05, 0) is 17.3 Å². The van der Waals surface area contributed by atoms with Crippen LogP contribution in [0.15, 0.2) is 60.0 Å². The Balaban J connectivity index is 1.39. The number of nitro benzene ring substituents is 1. The maximum Gasteiger partial charge on any atom is 0.269 e. The van der Waals surface area contributed by atoms with Crippen LogP contribution in [-0.2, 0) is 11.3 Å². The van der Waals surface area contributed by atoms with Gasteiger partial charge in [-0.3, -0.25) is 14.9 Å². The van der Waals surface area contributed by atoms with Crippen LogP contribution in [0.3, 0.4) is 0 Å². The van der Waals surface area contributed by atoms with Gasteiger partial charge in [0.2, 0.25) is 11.7 Å². The number of tetrazole rings is 1. The topological polar surface area (TPSA) is 129 Å². The van der Waals surface area contributed by atoms with E-state index in [2.05, 4.69) is 25.7 Å². The lowest BCUT2D eigenvalue weighted by molar-refractivity contribution is -0.384. The van der Waals surface area contributed by atoms with Crippen LogP contribution in [0.4, 0.5) is 10.8 Å². The van der Waals surface area contributed by atoms with Crippen molar-refractivity contribution in [2.75, 3.05) is 5.32 Å². The number of benzene rings is 2. The smallest absolute Gasteiger partial charge is 0.269 e. The summed E-state index contributed by atoms with van der Waals surface area (Å²) in [6.45, 7) is -0.139. The third-order valence-corrected chi connectivity index (χ3v) is 4.65. The molecule has 4 aromatic rings. The number of non-ortho nitro benzene ring substituents is 1. The Labute approximate surface area is 168 Å². The minimum absolute atomic E-state index is 0.0289. The molecule has 2 aromatic heterocycles. The average Bonchev–Trinajstić information content (AvgIpc) is 3.38. The summed E-state index contributed by atoms with van der Waals surface area (Å²) in [6, 6.07) is 15.4. The number of carbonyl (C=O) groups is 1. The number of nitrogens with one attached hydrogen (secondary N) is 1. The largest absolute Gasteiger partial charge is 0.300 e. The maximum atomic E-state index is 12.2. The van der Waals surface area contributed by atoms with Crippen LogP contribution in [0.1, 0.15) is 0 Å². The number of hydrogen-bond acceptors (Lipinski definition) is 8. The molecule has 29 heavy (non-hydrogen) atoms. The van der Waals surface area contributed by atoms with Crippen molar-refractivity contribution >= 4 is 28.1 Å². The molecule has 0 atom stereocenters. The van der Waals surface area contributed by atoms with Crippen molar-refractivity contribution in [2.24, 2.45) is 0 Å². The van der Waals surface area contributed by atoms with Crippen molar-refractivity contribution in [3.63, 3.8) is 0 Å². The van der Waals surface area contributed by atoms with Crippen molar-refractivity contribution in [1.82, 2.24) is 25.2 Å². The van der Waals surface area contributed by atoms with Gasteiger partial charge in [-0.1, -0.05) is 30.3 Å². The van der Waals surface area contributed by atoms with E-state index in [1.807, 2.05) is 35.7 Å². The highest BCUT2D eigenvalue weighted by Crippen LogP contribution is 2.24. The normalized spacial score (nSPS) is 10.6. The summed E-state index contributed by atoms with van der Waals surface area (Å²) in [6.07, 6.45) is 0. The maximum absolute atomic E-state index is 12.2. The lowest BCUT2D eigenvalue weighted by Gasteiger charge is -2.00. The third kappa shape index (κ3) is 4.30. The Morgan fingerprint density at radius 2 is 1.86 bits per heavy atom. The molecule has 10 nitrogen and oxygen atoms in total. The van der Waals surface area contributed by atoms with Crippen molar-refractivity contribution in [1.29, 1.82) is 0 Å². The molecule has 2 aromatic carbocycles. The molecule has 0 unspecified atom stereocenters. The van der Waals surface area contributed by atoms with Crippen LogP contribution in [0, 0.1) is 10.1 Å².